The minimum absolute atomic E-state index is 0.0846. The van der Waals surface area contributed by atoms with Gasteiger partial charge in [0, 0.05) is 36.9 Å². The number of hydrogen-bond acceptors (Lipinski definition) is 7. The molecule has 1 saturated heterocycles. The van der Waals surface area contributed by atoms with E-state index in [1.165, 1.54) is 23.1 Å². The van der Waals surface area contributed by atoms with E-state index in [0.717, 1.165) is 18.7 Å². The molecule has 1 aliphatic rings. The molecule has 1 fully saturated rings. The van der Waals surface area contributed by atoms with E-state index < -0.39 is 4.92 Å². The van der Waals surface area contributed by atoms with Crippen molar-refractivity contribution in [3.63, 3.8) is 0 Å². The van der Waals surface area contributed by atoms with Crippen LogP contribution in [-0.4, -0.2) is 41.1 Å². The van der Waals surface area contributed by atoms with Gasteiger partial charge in [0.25, 0.3) is 0 Å². The van der Waals surface area contributed by atoms with Crippen LogP contribution in [0.5, 0.6) is 11.6 Å². The Bertz CT molecular complexity index is 1160. The van der Waals surface area contributed by atoms with Crippen molar-refractivity contribution < 1.29 is 9.66 Å². The van der Waals surface area contributed by atoms with Gasteiger partial charge in [-0.05, 0) is 61.7 Å². The lowest BCUT2D eigenvalue weighted by Gasteiger charge is -2.37. The number of ether oxygens (including phenoxy) is 1. The van der Waals surface area contributed by atoms with Gasteiger partial charge in [-0.1, -0.05) is 23.7 Å². The maximum absolute atomic E-state index is 12.0. The Morgan fingerprint density at radius 1 is 1.00 bits per heavy atom. The van der Waals surface area contributed by atoms with Crippen LogP contribution in [0.2, 0.25) is 5.02 Å². The predicted octanol–water partition coefficient (Wildman–Crippen LogP) is 5.08. The molecule has 9 heteroatoms. The Morgan fingerprint density at radius 2 is 1.72 bits per heavy atom. The summed E-state index contributed by atoms with van der Waals surface area (Å²) in [5.41, 5.74) is 4.27. The molecule has 32 heavy (non-hydrogen) atoms. The number of benzene rings is 2. The summed E-state index contributed by atoms with van der Waals surface area (Å²) in [7, 11) is 0. The Morgan fingerprint density at radius 3 is 2.41 bits per heavy atom. The molecule has 1 aromatic heterocycles. The summed E-state index contributed by atoms with van der Waals surface area (Å²) in [5, 5.41) is 12.5. The molecule has 1 aliphatic heterocycles. The molecule has 3 aromatic rings. The van der Waals surface area contributed by atoms with E-state index in [9.17, 15) is 10.1 Å². The fraction of sp³-hybridized carbons (Fsp3) is 0.304. The number of aryl methyl sites for hydroxylation is 2. The second-order valence-corrected chi connectivity index (χ2v) is 8.22. The summed E-state index contributed by atoms with van der Waals surface area (Å²) in [6, 6.07) is 11.3. The largest absolute Gasteiger partial charge is 0.434 e. The third kappa shape index (κ3) is 4.31. The minimum atomic E-state index is -0.482. The number of nitro groups is 1. The van der Waals surface area contributed by atoms with Gasteiger partial charge in [0.05, 0.1) is 4.92 Å². The van der Waals surface area contributed by atoms with Gasteiger partial charge in [0.15, 0.2) is 0 Å². The van der Waals surface area contributed by atoms with E-state index >= 15 is 0 Å². The number of halogens is 1. The van der Waals surface area contributed by atoms with Gasteiger partial charge in [-0.15, -0.1) is 0 Å². The van der Waals surface area contributed by atoms with Crippen molar-refractivity contribution in [3.05, 3.63) is 74.6 Å². The van der Waals surface area contributed by atoms with E-state index in [0.29, 0.717) is 23.9 Å². The first-order valence-corrected chi connectivity index (χ1v) is 10.7. The monoisotopic (exact) mass is 453 g/mol. The van der Waals surface area contributed by atoms with Crippen LogP contribution in [0.4, 0.5) is 17.2 Å². The first-order valence-electron chi connectivity index (χ1n) is 10.3. The predicted molar refractivity (Wildman–Crippen MR) is 125 cm³/mol. The molecule has 4 rings (SSSR count). The number of hydrogen-bond donors (Lipinski definition) is 0. The quantitative estimate of drug-likeness (QED) is 0.393. The average molecular weight is 454 g/mol. The maximum Gasteiger partial charge on any atom is 0.373 e. The highest BCUT2D eigenvalue weighted by Gasteiger charge is 2.31. The third-order valence-electron chi connectivity index (χ3n) is 5.79. The molecular formula is C23H24ClN5O3. The number of aromatic nitrogens is 2. The van der Waals surface area contributed by atoms with Gasteiger partial charge in [-0.2, -0.15) is 4.98 Å². The molecule has 0 bridgehead atoms. The average Bonchev–Trinajstić information content (AvgIpc) is 2.78. The zero-order chi connectivity index (χ0) is 22.8. The van der Waals surface area contributed by atoms with Gasteiger partial charge >= 0.3 is 11.6 Å². The van der Waals surface area contributed by atoms with Gasteiger partial charge in [0.2, 0.25) is 5.82 Å². The summed E-state index contributed by atoms with van der Waals surface area (Å²) in [5.74, 6) is 0.615. The lowest BCUT2D eigenvalue weighted by Crippen LogP contribution is -2.47. The van der Waals surface area contributed by atoms with Crippen LogP contribution in [-0.2, 0) is 0 Å². The fourth-order valence-corrected chi connectivity index (χ4v) is 3.97. The third-order valence-corrected chi connectivity index (χ3v) is 6.22. The SMILES string of the molecule is Cc1cc(Oc2ncnc(N3CCN(c4cccc(C)c4C)CC3)c2[N+](=O)[O-])ccc1Cl. The van der Waals surface area contributed by atoms with Crippen LogP contribution in [0.1, 0.15) is 16.7 Å². The van der Waals surface area contributed by atoms with Crippen molar-refractivity contribution in [2.24, 2.45) is 0 Å². The molecule has 0 unspecified atom stereocenters. The van der Waals surface area contributed by atoms with Gasteiger partial charge < -0.3 is 14.5 Å². The molecule has 0 N–H and O–H groups in total. The maximum atomic E-state index is 12.0. The molecule has 0 atom stereocenters. The van der Waals surface area contributed by atoms with Crippen LogP contribution >= 0.6 is 11.6 Å². The second-order valence-electron chi connectivity index (χ2n) is 7.81. The van der Waals surface area contributed by atoms with Crippen molar-refractivity contribution in [1.82, 2.24) is 9.97 Å². The highest BCUT2D eigenvalue weighted by atomic mass is 35.5. The summed E-state index contributed by atoms with van der Waals surface area (Å²) in [6.45, 7) is 8.73. The van der Waals surface area contributed by atoms with Gasteiger partial charge in [0.1, 0.15) is 12.1 Å². The molecule has 0 amide bonds. The Labute approximate surface area is 191 Å². The summed E-state index contributed by atoms with van der Waals surface area (Å²) in [6.07, 6.45) is 1.30. The van der Waals surface area contributed by atoms with Crippen LogP contribution in [0.25, 0.3) is 0 Å². The smallest absolute Gasteiger partial charge is 0.373 e. The summed E-state index contributed by atoms with van der Waals surface area (Å²) < 4.78 is 5.77. The number of nitrogens with zero attached hydrogens (tertiary/aromatic N) is 5. The molecule has 0 spiro atoms. The molecule has 0 aliphatic carbocycles. The highest BCUT2D eigenvalue weighted by molar-refractivity contribution is 6.31. The van der Waals surface area contributed by atoms with E-state index in [1.54, 1.807) is 18.2 Å². The first-order chi connectivity index (χ1) is 15.3. The van der Waals surface area contributed by atoms with Crippen LogP contribution < -0.4 is 14.5 Å². The molecular weight excluding hydrogens is 430 g/mol. The number of anilines is 2. The van der Waals surface area contributed by atoms with Crippen LogP contribution in [0.15, 0.2) is 42.7 Å². The molecule has 2 aromatic carbocycles. The Kier molecular flexibility index (Phi) is 6.14. The lowest BCUT2D eigenvalue weighted by atomic mass is 10.1. The van der Waals surface area contributed by atoms with E-state index in [2.05, 4.69) is 46.9 Å². The molecule has 8 nitrogen and oxygen atoms in total. The standard InChI is InChI=1S/C23H24ClN5O3/c1-15-5-4-6-20(17(15)3)27-9-11-28(12-10-27)22-21(29(30)31)23(26-14-25-22)32-18-7-8-19(24)16(2)13-18/h4-8,13-14H,9-12H2,1-3H3. The van der Waals surface area contributed by atoms with Crippen molar-refractivity contribution in [3.8, 4) is 11.6 Å². The van der Waals surface area contributed by atoms with Gasteiger partial charge in [-0.3, -0.25) is 10.1 Å². The second kappa shape index (κ2) is 9.00. The minimum Gasteiger partial charge on any atom is -0.434 e. The molecule has 2 heterocycles. The van der Waals surface area contributed by atoms with Gasteiger partial charge in [-0.25, -0.2) is 4.98 Å². The highest BCUT2D eigenvalue weighted by Crippen LogP contribution is 2.37. The van der Waals surface area contributed by atoms with Crippen molar-refractivity contribution in [2.45, 2.75) is 20.8 Å². The zero-order valence-corrected chi connectivity index (χ0v) is 19.0. The molecule has 166 valence electrons. The summed E-state index contributed by atoms with van der Waals surface area (Å²) >= 11 is 6.07. The van der Waals surface area contributed by atoms with Crippen molar-refractivity contribution in [1.29, 1.82) is 0 Å². The zero-order valence-electron chi connectivity index (χ0n) is 18.2. The normalized spacial score (nSPS) is 13.9. The van der Waals surface area contributed by atoms with E-state index in [4.69, 9.17) is 16.3 Å². The van der Waals surface area contributed by atoms with Crippen LogP contribution in [0.3, 0.4) is 0 Å². The number of rotatable bonds is 5. The van der Waals surface area contributed by atoms with Crippen LogP contribution in [0, 0.1) is 30.9 Å². The molecule has 0 radical (unpaired) electrons. The van der Waals surface area contributed by atoms with E-state index in [1.807, 2.05) is 11.8 Å². The Balaban J connectivity index is 1.57. The van der Waals surface area contributed by atoms with Crippen molar-refractivity contribution >= 4 is 28.8 Å². The molecule has 0 saturated carbocycles. The fourth-order valence-electron chi connectivity index (χ4n) is 3.85. The Hall–Kier alpha value is -3.39. The van der Waals surface area contributed by atoms with Crippen molar-refractivity contribution in [2.75, 3.05) is 36.0 Å². The number of piperazine rings is 1. The topological polar surface area (TPSA) is 84.6 Å². The lowest BCUT2D eigenvalue weighted by molar-refractivity contribution is -0.385. The van der Waals surface area contributed by atoms with E-state index in [-0.39, 0.29) is 17.4 Å². The first kappa shape index (κ1) is 21.8. The summed E-state index contributed by atoms with van der Waals surface area (Å²) in [4.78, 5) is 24.0.